The van der Waals surface area contributed by atoms with Gasteiger partial charge in [-0.3, -0.25) is 4.68 Å². The lowest BCUT2D eigenvalue weighted by molar-refractivity contribution is 0.770. The van der Waals surface area contributed by atoms with E-state index in [2.05, 4.69) is 15.3 Å². The molecular formula is C6H6ClN5S. The summed E-state index contributed by atoms with van der Waals surface area (Å²) in [6.45, 7) is 0. The van der Waals surface area contributed by atoms with E-state index >= 15 is 0 Å². The zero-order valence-corrected chi connectivity index (χ0v) is 8.30. The molecule has 0 atom stereocenters. The smallest absolute Gasteiger partial charge is 0.203 e. The van der Waals surface area contributed by atoms with E-state index in [0.29, 0.717) is 20.9 Å². The lowest BCUT2D eigenvalue weighted by Gasteiger charge is -1.86. The van der Waals surface area contributed by atoms with Gasteiger partial charge in [0.25, 0.3) is 0 Å². The molecule has 0 aromatic carbocycles. The van der Waals surface area contributed by atoms with Crippen LogP contribution in [0.3, 0.4) is 0 Å². The van der Waals surface area contributed by atoms with Crippen LogP contribution >= 0.6 is 22.9 Å². The summed E-state index contributed by atoms with van der Waals surface area (Å²) in [5.41, 5.74) is 6.06. The summed E-state index contributed by atoms with van der Waals surface area (Å²) < 4.78 is 1.62. The van der Waals surface area contributed by atoms with Crippen molar-refractivity contribution in [3.05, 3.63) is 11.2 Å². The van der Waals surface area contributed by atoms with Gasteiger partial charge in [0.1, 0.15) is 5.69 Å². The Morgan fingerprint density at radius 2 is 2.31 bits per heavy atom. The highest BCUT2D eigenvalue weighted by Gasteiger charge is 2.12. The normalized spacial score (nSPS) is 10.6. The molecular weight excluding hydrogens is 210 g/mol. The average Bonchev–Trinajstić information content (AvgIpc) is 2.58. The number of rotatable bonds is 1. The van der Waals surface area contributed by atoms with Crippen molar-refractivity contribution in [2.75, 3.05) is 5.73 Å². The van der Waals surface area contributed by atoms with Gasteiger partial charge in [-0.1, -0.05) is 22.9 Å². The van der Waals surface area contributed by atoms with Crippen LogP contribution in [0, 0.1) is 0 Å². The molecule has 0 amide bonds. The van der Waals surface area contributed by atoms with Crippen molar-refractivity contribution >= 4 is 28.1 Å². The van der Waals surface area contributed by atoms with Crippen LogP contribution in [-0.4, -0.2) is 20.0 Å². The van der Waals surface area contributed by atoms with Crippen molar-refractivity contribution in [1.29, 1.82) is 0 Å². The Labute approximate surface area is 83.2 Å². The molecule has 0 saturated heterocycles. The molecule has 5 nitrogen and oxygen atoms in total. The van der Waals surface area contributed by atoms with E-state index in [1.807, 2.05) is 0 Å². The fourth-order valence-electron chi connectivity index (χ4n) is 0.935. The van der Waals surface area contributed by atoms with Gasteiger partial charge in [0.05, 0.1) is 5.02 Å². The van der Waals surface area contributed by atoms with Crippen LogP contribution in [-0.2, 0) is 7.05 Å². The lowest BCUT2D eigenvalue weighted by Crippen LogP contribution is -1.87. The molecule has 0 aliphatic carbocycles. The highest BCUT2D eigenvalue weighted by Crippen LogP contribution is 2.28. The van der Waals surface area contributed by atoms with E-state index < -0.39 is 0 Å². The Morgan fingerprint density at radius 3 is 2.77 bits per heavy atom. The first-order valence-electron chi connectivity index (χ1n) is 3.45. The van der Waals surface area contributed by atoms with Crippen LogP contribution in [0.5, 0.6) is 0 Å². The van der Waals surface area contributed by atoms with Crippen LogP contribution in [0.15, 0.2) is 6.20 Å². The molecule has 0 bridgehead atoms. The van der Waals surface area contributed by atoms with E-state index in [0.717, 1.165) is 0 Å². The molecule has 2 aromatic heterocycles. The Bertz CT molecular complexity index is 434. The third-order valence-electron chi connectivity index (χ3n) is 1.43. The van der Waals surface area contributed by atoms with Crippen LogP contribution in [0.1, 0.15) is 0 Å². The Balaban J connectivity index is 2.51. The topological polar surface area (TPSA) is 69.6 Å². The molecule has 2 rings (SSSR count). The molecule has 7 heteroatoms. The van der Waals surface area contributed by atoms with Crippen LogP contribution < -0.4 is 5.73 Å². The highest BCUT2D eigenvalue weighted by atomic mass is 35.5. The molecule has 2 aromatic rings. The molecule has 0 aliphatic rings. The number of aryl methyl sites for hydroxylation is 1. The third-order valence-corrected chi connectivity index (χ3v) is 2.46. The van der Waals surface area contributed by atoms with Crippen molar-refractivity contribution < 1.29 is 0 Å². The minimum atomic E-state index is 0.414. The zero-order valence-electron chi connectivity index (χ0n) is 6.73. The van der Waals surface area contributed by atoms with Gasteiger partial charge < -0.3 is 5.73 Å². The molecule has 13 heavy (non-hydrogen) atoms. The second kappa shape index (κ2) is 2.97. The second-order valence-electron chi connectivity index (χ2n) is 2.44. The summed E-state index contributed by atoms with van der Waals surface area (Å²) >= 11 is 7.17. The summed E-state index contributed by atoms with van der Waals surface area (Å²) in [5.74, 6) is 0. The summed E-state index contributed by atoms with van der Waals surface area (Å²) in [4.78, 5) is 0. The van der Waals surface area contributed by atoms with Crippen LogP contribution in [0.25, 0.3) is 10.7 Å². The van der Waals surface area contributed by atoms with Gasteiger partial charge in [0.2, 0.25) is 5.13 Å². The van der Waals surface area contributed by atoms with Crippen molar-refractivity contribution in [2.45, 2.75) is 0 Å². The largest absolute Gasteiger partial charge is 0.374 e. The van der Waals surface area contributed by atoms with Gasteiger partial charge in [-0.15, -0.1) is 10.2 Å². The Kier molecular flexibility index (Phi) is 1.93. The number of halogens is 1. The van der Waals surface area contributed by atoms with Gasteiger partial charge in [-0.05, 0) is 0 Å². The molecule has 0 saturated carbocycles. The van der Waals surface area contributed by atoms with E-state index in [-0.39, 0.29) is 0 Å². The van der Waals surface area contributed by atoms with Gasteiger partial charge in [-0.2, -0.15) is 5.10 Å². The summed E-state index contributed by atoms with van der Waals surface area (Å²) in [6.07, 6.45) is 1.70. The highest BCUT2D eigenvalue weighted by molar-refractivity contribution is 7.18. The molecule has 68 valence electrons. The predicted octanol–water partition coefficient (Wildman–Crippen LogP) is 1.17. The van der Waals surface area contributed by atoms with Crippen LogP contribution in [0.2, 0.25) is 5.02 Å². The predicted molar refractivity (Wildman–Crippen MR) is 51.5 cm³/mol. The fourth-order valence-corrected chi connectivity index (χ4v) is 1.87. The molecule has 0 radical (unpaired) electrons. The van der Waals surface area contributed by atoms with Crippen molar-refractivity contribution in [3.8, 4) is 10.7 Å². The quantitative estimate of drug-likeness (QED) is 0.776. The maximum atomic E-state index is 5.90. The summed E-state index contributed by atoms with van der Waals surface area (Å²) in [6, 6.07) is 0. The fraction of sp³-hybridized carbons (Fsp3) is 0.167. The van der Waals surface area contributed by atoms with Crippen molar-refractivity contribution in [2.24, 2.45) is 7.05 Å². The van der Waals surface area contributed by atoms with Crippen molar-refractivity contribution in [3.63, 3.8) is 0 Å². The first-order valence-corrected chi connectivity index (χ1v) is 4.65. The average molecular weight is 216 g/mol. The summed E-state index contributed by atoms with van der Waals surface area (Å²) in [7, 11) is 1.79. The molecule has 0 fully saturated rings. The number of hydrogen-bond acceptors (Lipinski definition) is 5. The first-order chi connectivity index (χ1) is 6.16. The monoisotopic (exact) mass is 215 g/mol. The van der Waals surface area contributed by atoms with Crippen molar-refractivity contribution in [1.82, 2.24) is 20.0 Å². The SMILES string of the molecule is Cn1cc(Cl)c(-c2nnc(N)s2)n1. The number of aromatic nitrogens is 4. The Morgan fingerprint density at radius 1 is 1.54 bits per heavy atom. The van der Waals surface area contributed by atoms with Gasteiger partial charge in [0.15, 0.2) is 5.01 Å². The van der Waals surface area contributed by atoms with Crippen LogP contribution in [0.4, 0.5) is 5.13 Å². The zero-order chi connectivity index (χ0) is 9.42. The first kappa shape index (κ1) is 8.46. The summed E-state index contributed by atoms with van der Waals surface area (Å²) in [5, 5.41) is 13.3. The lowest BCUT2D eigenvalue weighted by atomic mass is 10.5. The maximum Gasteiger partial charge on any atom is 0.203 e. The maximum absolute atomic E-state index is 5.90. The van der Waals surface area contributed by atoms with E-state index in [9.17, 15) is 0 Å². The number of anilines is 1. The minimum absolute atomic E-state index is 0.414. The van der Waals surface area contributed by atoms with Gasteiger partial charge in [-0.25, -0.2) is 0 Å². The van der Waals surface area contributed by atoms with E-state index in [1.54, 1.807) is 17.9 Å². The molecule has 0 aliphatic heterocycles. The molecule has 0 unspecified atom stereocenters. The Hall–Kier alpha value is -1.14. The van der Waals surface area contributed by atoms with E-state index in [1.165, 1.54) is 11.3 Å². The number of nitrogens with zero attached hydrogens (tertiary/aromatic N) is 4. The number of hydrogen-bond donors (Lipinski definition) is 1. The van der Waals surface area contributed by atoms with Gasteiger partial charge in [0, 0.05) is 13.2 Å². The van der Waals surface area contributed by atoms with Gasteiger partial charge >= 0.3 is 0 Å². The second-order valence-corrected chi connectivity index (χ2v) is 3.86. The molecule has 2 heterocycles. The number of nitrogens with two attached hydrogens (primary N) is 1. The number of nitrogen functional groups attached to an aromatic ring is 1. The minimum Gasteiger partial charge on any atom is -0.374 e. The van der Waals surface area contributed by atoms with E-state index in [4.69, 9.17) is 17.3 Å². The third kappa shape index (κ3) is 1.50. The standard InChI is InChI=1S/C6H6ClN5S/c1-12-2-3(7)4(11-12)5-9-10-6(8)13-5/h2H,1H3,(H2,8,10). The molecule has 0 spiro atoms. The molecule has 2 N–H and O–H groups in total.